The molecule has 3 heterocycles. The van der Waals surface area contributed by atoms with Crippen molar-refractivity contribution in [2.24, 2.45) is 5.92 Å². The fraction of sp³-hybridized carbons (Fsp3) is 0.368. The van der Waals surface area contributed by atoms with Gasteiger partial charge in [-0.15, -0.1) is 10.2 Å². The fourth-order valence-corrected chi connectivity index (χ4v) is 3.88. The molecule has 0 spiro atoms. The zero-order chi connectivity index (χ0) is 19.7. The Morgan fingerprint density at radius 3 is 2.25 bits per heavy atom. The van der Waals surface area contributed by atoms with Crippen molar-refractivity contribution in [3.8, 4) is 0 Å². The van der Waals surface area contributed by atoms with Crippen molar-refractivity contribution < 1.29 is 22.0 Å². The van der Waals surface area contributed by atoms with Crippen molar-refractivity contribution in [3.63, 3.8) is 0 Å². The van der Waals surface area contributed by atoms with E-state index >= 15 is 0 Å². The number of aromatic nitrogens is 3. The lowest BCUT2D eigenvalue weighted by Gasteiger charge is -2.23. The van der Waals surface area contributed by atoms with Crippen LogP contribution in [0.4, 0.5) is 27.6 Å². The number of halogens is 5. The maximum absolute atomic E-state index is 13.9. The van der Waals surface area contributed by atoms with Crippen molar-refractivity contribution in [1.29, 1.82) is 0 Å². The number of alkyl halides is 5. The smallest absolute Gasteiger partial charge is 0.362 e. The largest absolute Gasteiger partial charge is 0.422 e. The van der Waals surface area contributed by atoms with Crippen LogP contribution in [0.5, 0.6) is 0 Å². The van der Waals surface area contributed by atoms with Crippen molar-refractivity contribution in [3.05, 3.63) is 59.0 Å². The molecule has 3 aromatic rings. The summed E-state index contributed by atoms with van der Waals surface area (Å²) in [4.78, 5) is 1.65. The molecule has 9 heteroatoms. The minimum absolute atomic E-state index is 0.0203. The molecule has 2 aliphatic rings. The number of nitrogens with zero attached hydrogens (tertiary/aromatic N) is 4. The molecule has 4 nitrogen and oxygen atoms in total. The van der Waals surface area contributed by atoms with Gasteiger partial charge < -0.3 is 4.90 Å². The van der Waals surface area contributed by atoms with Crippen LogP contribution in [0, 0.1) is 5.92 Å². The summed E-state index contributed by atoms with van der Waals surface area (Å²) in [5, 5.41) is 7.50. The fourth-order valence-electron chi connectivity index (χ4n) is 3.88. The summed E-state index contributed by atoms with van der Waals surface area (Å²) in [5.41, 5.74) is 0.748. The second-order valence-corrected chi connectivity index (χ2v) is 7.37. The maximum Gasteiger partial charge on any atom is 0.422 e. The first-order valence-corrected chi connectivity index (χ1v) is 8.87. The van der Waals surface area contributed by atoms with Crippen molar-refractivity contribution >= 4 is 11.3 Å². The minimum Gasteiger partial charge on any atom is -0.362 e. The molecule has 1 aliphatic carbocycles. The topological polar surface area (TPSA) is 33.4 Å². The van der Waals surface area contributed by atoms with Gasteiger partial charge in [-0.05, 0) is 17.2 Å². The SMILES string of the molecule is FC(F)(F)c1c(N2Cc3ccccc3C2)ccn2c(CC3CC3(F)F)nnc12. The van der Waals surface area contributed by atoms with Gasteiger partial charge in [0.15, 0.2) is 5.65 Å². The zero-order valence-corrected chi connectivity index (χ0v) is 14.5. The Kier molecular flexibility index (Phi) is 3.51. The van der Waals surface area contributed by atoms with E-state index in [9.17, 15) is 22.0 Å². The zero-order valence-electron chi connectivity index (χ0n) is 14.5. The summed E-state index contributed by atoms with van der Waals surface area (Å²) < 4.78 is 69.4. The van der Waals surface area contributed by atoms with E-state index in [-0.39, 0.29) is 30.0 Å². The molecule has 5 rings (SSSR count). The van der Waals surface area contributed by atoms with Gasteiger partial charge in [-0.1, -0.05) is 24.3 Å². The third kappa shape index (κ3) is 2.71. The molecule has 2 aromatic heterocycles. The van der Waals surface area contributed by atoms with Gasteiger partial charge in [-0.3, -0.25) is 4.40 Å². The number of hydrogen-bond acceptors (Lipinski definition) is 3. The van der Waals surface area contributed by atoms with E-state index in [1.807, 2.05) is 24.3 Å². The Morgan fingerprint density at radius 2 is 1.68 bits per heavy atom. The number of benzene rings is 1. The molecule has 0 amide bonds. The summed E-state index contributed by atoms with van der Waals surface area (Å²) in [6.07, 6.45) is -3.57. The summed E-state index contributed by atoms with van der Waals surface area (Å²) >= 11 is 0. The first kappa shape index (κ1) is 17.4. The van der Waals surface area contributed by atoms with E-state index in [1.54, 1.807) is 4.90 Å². The molecule has 1 fully saturated rings. The van der Waals surface area contributed by atoms with Crippen LogP contribution in [0.3, 0.4) is 0 Å². The van der Waals surface area contributed by atoms with Crippen molar-refractivity contribution in [2.75, 3.05) is 4.90 Å². The molecular weight excluding hydrogens is 379 g/mol. The van der Waals surface area contributed by atoms with Crippen LogP contribution < -0.4 is 4.90 Å². The van der Waals surface area contributed by atoms with Crippen molar-refractivity contribution in [1.82, 2.24) is 14.6 Å². The van der Waals surface area contributed by atoms with Crippen LogP contribution in [-0.4, -0.2) is 20.5 Å². The number of rotatable bonds is 3. The lowest BCUT2D eigenvalue weighted by Crippen LogP contribution is -2.21. The van der Waals surface area contributed by atoms with Crippen LogP contribution in [-0.2, 0) is 25.7 Å². The van der Waals surface area contributed by atoms with E-state index in [0.29, 0.717) is 13.1 Å². The van der Waals surface area contributed by atoms with E-state index in [0.717, 1.165) is 11.1 Å². The van der Waals surface area contributed by atoms with Crippen LogP contribution in [0.25, 0.3) is 5.65 Å². The van der Waals surface area contributed by atoms with E-state index in [2.05, 4.69) is 10.2 Å². The van der Waals surface area contributed by atoms with Gasteiger partial charge in [0, 0.05) is 38.0 Å². The number of anilines is 1. The molecule has 1 unspecified atom stereocenters. The Hall–Kier alpha value is -2.71. The summed E-state index contributed by atoms with van der Waals surface area (Å²) in [6, 6.07) is 8.88. The third-order valence-electron chi connectivity index (χ3n) is 5.48. The number of pyridine rings is 1. The van der Waals surface area contributed by atoms with Gasteiger partial charge in [0.2, 0.25) is 0 Å². The Bertz CT molecular complexity index is 1050. The highest BCUT2D eigenvalue weighted by atomic mass is 19.4. The highest BCUT2D eigenvalue weighted by molar-refractivity contribution is 5.68. The van der Waals surface area contributed by atoms with Crippen LogP contribution in [0.2, 0.25) is 0 Å². The predicted molar refractivity (Wildman–Crippen MR) is 91.1 cm³/mol. The summed E-state index contributed by atoms with van der Waals surface area (Å²) in [5.74, 6) is -3.53. The highest BCUT2D eigenvalue weighted by Gasteiger charge is 2.57. The molecule has 1 aliphatic heterocycles. The number of hydrogen-bond donors (Lipinski definition) is 0. The average molecular weight is 394 g/mol. The first-order chi connectivity index (χ1) is 13.2. The molecule has 146 valence electrons. The quantitative estimate of drug-likeness (QED) is 0.615. The Balaban J connectivity index is 1.57. The van der Waals surface area contributed by atoms with Gasteiger partial charge in [0.05, 0.1) is 5.69 Å². The predicted octanol–water partition coefficient (Wildman–Crippen LogP) is 4.47. The molecule has 0 saturated heterocycles. The Morgan fingerprint density at radius 1 is 1.04 bits per heavy atom. The van der Waals surface area contributed by atoms with Gasteiger partial charge in [0.25, 0.3) is 5.92 Å². The summed E-state index contributed by atoms with van der Waals surface area (Å²) in [7, 11) is 0. The van der Waals surface area contributed by atoms with E-state index < -0.39 is 23.6 Å². The lowest BCUT2D eigenvalue weighted by atomic mass is 10.1. The number of fused-ring (bicyclic) bond motifs is 2. The van der Waals surface area contributed by atoms with Gasteiger partial charge in [0.1, 0.15) is 11.4 Å². The molecular formula is C19H15F5N4. The van der Waals surface area contributed by atoms with E-state index in [4.69, 9.17) is 0 Å². The minimum atomic E-state index is -4.65. The normalized spacial score (nSPS) is 20.6. The van der Waals surface area contributed by atoms with Crippen LogP contribution in [0.15, 0.2) is 36.5 Å². The standard InChI is InChI=1S/C19H15F5N4/c20-18(21)8-13(18)7-15-25-26-17-16(19(22,23)24)14(5-6-28(15)17)27-9-11-3-1-2-4-12(11)10-27/h1-6,13H,7-10H2. The van der Waals surface area contributed by atoms with E-state index in [1.165, 1.54) is 16.7 Å². The molecule has 28 heavy (non-hydrogen) atoms. The van der Waals surface area contributed by atoms with Crippen LogP contribution >= 0.6 is 0 Å². The third-order valence-corrected chi connectivity index (χ3v) is 5.48. The van der Waals surface area contributed by atoms with Crippen LogP contribution in [0.1, 0.15) is 28.9 Å². The molecule has 0 radical (unpaired) electrons. The Labute approximate surface area is 156 Å². The molecule has 0 N–H and O–H groups in total. The lowest BCUT2D eigenvalue weighted by molar-refractivity contribution is -0.136. The van der Waals surface area contributed by atoms with Gasteiger partial charge in [-0.25, -0.2) is 8.78 Å². The maximum atomic E-state index is 13.9. The molecule has 0 bridgehead atoms. The van der Waals surface area contributed by atoms with Gasteiger partial charge >= 0.3 is 6.18 Å². The molecule has 1 saturated carbocycles. The molecule has 1 aromatic carbocycles. The highest BCUT2D eigenvalue weighted by Crippen LogP contribution is 2.50. The second-order valence-electron chi connectivity index (χ2n) is 7.37. The monoisotopic (exact) mass is 394 g/mol. The van der Waals surface area contributed by atoms with Crippen molar-refractivity contribution in [2.45, 2.75) is 38.0 Å². The molecule has 1 atom stereocenters. The van der Waals surface area contributed by atoms with Gasteiger partial charge in [-0.2, -0.15) is 13.2 Å². The summed E-state index contributed by atoms with van der Waals surface area (Å²) in [6.45, 7) is 0.732. The first-order valence-electron chi connectivity index (χ1n) is 8.87. The average Bonchev–Trinajstić information content (AvgIpc) is 3.01. The second kappa shape index (κ2) is 5.65.